The van der Waals surface area contributed by atoms with Crippen LogP contribution in [0, 0.1) is 13.8 Å². The van der Waals surface area contributed by atoms with Gasteiger partial charge in [-0.1, -0.05) is 23.8 Å². The third kappa shape index (κ3) is 5.32. The molecule has 180 valence electrons. The molecule has 0 spiro atoms. The molecule has 2 aliphatic rings. The Morgan fingerprint density at radius 3 is 2.32 bits per heavy atom. The number of carbonyl (C=O) groups excluding carboxylic acids is 2. The number of aryl methyl sites for hydroxylation is 2. The highest BCUT2D eigenvalue weighted by Crippen LogP contribution is 2.33. The summed E-state index contributed by atoms with van der Waals surface area (Å²) in [5, 5.41) is 3.24. The number of ether oxygens (including phenoxy) is 2. The van der Waals surface area contributed by atoms with Crippen LogP contribution in [-0.2, 0) is 14.3 Å². The van der Waals surface area contributed by atoms with Gasteiger partial charge in [-0.05, 0) is 63.1 Å². The van der Waals surface area contributed by atoms with E-state index in [1.165, 1.54) is 4.90 Å². The van der Waals surface area contributed by atoms with Gasteiger partial charge in [0.15, 0.2) is 0 Å². The maximum absolute atomic E-state index is 13.5. The van der Waals surface area contributed by atoms with E-state index in [2.05, 4.69) is 10.2 Å². The Kier molecular flexibility index (Phi) is 7.34. The van der Waals surface area contributed by atoms with Gasteiger partial charge in [0.05, 0.1) is 24.9 Å². The van der Waals surface area contributed by atoms with E-state index in [9.17, 15) is 9.59 Å². The number of nitrogens with one attached hydrogen (secondary N) is 1. The molecule has 1 N–H and O–H groups in total. The van der Waals surface area contributed by atoms with Crippen molar-refractivity contribution in [2.24, 2.45) is 0 Å². The molecule has 2 heterocycles. The Morgan fingerprint density at radius 2 is 1.68 bits per heavy atom. The molecule has 2 aromatic carbocycles. The minimum absolute atomic E-state index is 0.0756. The predicted octanol–water partition coefficient (Wildman–Crippen LogP) is 3.61. The molecule has 1 fully saturated rings. The van der Waals surface area contributed by atoms with E-state index in [4.69, 9.17) is 9.47 Å². The second-order valence-corrected chi connectivity index (χ2v) is 9.10. The first-order valence-electron chi connectivity index (χ1n) is 11.9. The summed E-state index contributed by atoms with van der Waals surface area (Å²) >= 11 is 0. The molecule has 0 bridgehead atoms. The van der Waals surface area contributed by atoms with Crippen molar-refractivity contribution in [1.29, 1.82) is 0 Å². The van der Waals surface area contributed by atoms with Crippen LogP contribution in [0.2, 0.25) is 0 Å². The SMILES string of the molecule is Cc1ccc(C2=C(Nc3ccc(OC(C)C)cc3)C(=O)N(CCN3CCOCC3)C2=O)c(C)c1. The second-order valence-electron chi connectivity index (χ2n) is 9.10. The Labute approximate surface area is 201 Å². The lowest BCUT2D eigenvalue weighted by molar-refractivity contribution is -0.137. The number of hydrogen-bond donors (Lipinski definition) is 1. The first kappa shape index (κ1) is 24.0. The molecule has 34 heavy (non-hydrogen) atoms. The minimum atomic E-state index is -0.296. The fourth-order valence-electron chi connectivity index (χ4n) is 4.34. The topological polar surface area (TPSA) is 71.1 Å². The Morgan fingerprint density at radius 1 is 0.971 bits per heavy atom. The van der Waals surface area contributed by atoms with Gasteiger partial charge in [0.25, 0.3) is 11.8 Å². The first-order valence-corrected chi connectivity index (χ1v) is 11.9. The van der Waals surface area contributed by atoms with Crippen LogP contribution in [0.25, 0.3) is 5.57 Å². The summed E-state index contributed by atoms with van der Waals surface area (Å²) in [6.07, 6.45) is 0.0756. The van der Waals surface area contributed by atoms with Gasteiger partial charge in [0.2, 0.25) is 0 Å². The van der Waals surface area contributed by atoms with Crippen LogP contribution in [0.15, 0.2) is 48.2 Å². The second kappa shape index (κ2) is 10.4. The summed E-state index contributed by atoms with van der Waals surface area (Å²) in [6, 6.07) is 13.4. The third-order valence-electron chi connectivity index (χ3n) is 6.06. The largest absolute Gasteiger partial charge is 0.491 e. The standard InChI is InChI=1S/C27H33N3O4/c1-18(2)34-22-8-6-21(7-9-22)28-25-24(23-10-5-19(3)17-20(23)4)26(31)30(27(25)32)12-11-29-13-15-33-16-14-29/h5-10,17-18,28H,11-16H2,1-4H3. The summed E-state index contributed by atoms with van der Waals surface area (Å²) in [5.74, 6) is 0.202. The van der Waals surface area contributed by atoms with Crippen molar-refractivity contribution in [3.05, 3.63) is 64.9 Å². The van der Waals surface area contributed by atoms with E-state index in [0.29, 0.717) is 37.6 Å². The van der Waals surface area contributed by atoms with Crippen molar-refractivity contribution in [3.8, 4) is 5.75 Å². The van der Waals surface area contributed by atoms with Gasteiger partial charge < -0.3 is 14.8 Å². The Balaban J connectivity index is 1.62. The fourth-order valence-corrected chi connectivity index (χ4v) is 4.34. The summed E-state index contributed by atoms with van der Waals surface area (Å²) in [7, 11) is 0. The van der Waals surface area contributed by atoms with E-state index in [0.717, 1.165) is 41.2 Å². The normalized spacial score (nSPS) is 17.1. The number of benzene rings is 2. The molecule has 0 saturated carbocycles. The number of amides is 2. The molecule has 4 rings (SSSR count). The molecular weight excluding hydrogens is 430 g/mol. The van der Waals surface area contributed by atoms with Crippen LogP contribution in [0.4, 0.5) is 5.69 Å². The smallest absolute Gasteiger partial charge is 0.278 e. The minimum Gasteiger partial charge on any atom is -0.491 e. The zero-order chi connectivity index (χ0) is 24.2. The maximum Gasteiger partial charge on any atom is 0.278 e. The van der Waals surface area contributed by atoms with Gasteiger partial charge in [-0.3, -0.25) is 19.4 Å². The van der Waals surface area contributed by atoms with Crippen molar-refractivity contribution in [2.75, 3.05) is 44.7 Å². The summed E-state index contributed by atoms with van der Waals surface area (Å²) in [4.78, 5) is 30.6. The number of anilines is 1. The van der Waals surface area contributed by atoms with E-state index < -0.39 is 0 Å². The maximum atomic E-state index is 13.5. The van der Waals surface area contributed by atoms with Gasteiger partial charge in [0, 0.05) is 31.9 Å². The van der Waals surface area contributed by atoms with Crippen molar-refractivity contribution in [3.63, 3.8) is 0 Å². The first-order chi connectivity index (χ1) is 16.3. The number of rotatable bonds is 8. The lowest BCUT2D eigenvalue weighted by atomic mass is 9.97. The van der Waals surface area contributed by atoms with E-state index in [1.807, 2.05) is 70.2 Å². The molecule has 2 amide bonds. The van der Waals surface area contributed by atoms with Crippen molar-refractivity contribution in [1.82, 2.24) is 9.80 Å². The number of imide groups is 1. The van der Waals surface area contributed by atoms with Gasteiger partial charge in [0.1, 0.15) is 11.4 Å². The van der Waals surface area contributed by atoms with Crippen LogP contribution in [0.5, 0.6) is 5.75 Å². The zero-order valence-corrected chi connectivity index (χ0v) is 20.4. The van der Waals surface area contributed by atoms with Gasteiger partial charge in [-0.15, -0.1) is 0 Å². The van der Waals surface area contributed by atoms with Crippen LogP contribution >= 0.6 is 0 Å². The highest BCUT2D eigenvalue weighted by molar-refractivity contribution is 6.36. The molecule has 2 aromatic rings. The molecule has 1 saturated heterocycles. The highest BCUT2D eigenvalue weighted by Gasteiger charge is 2.39. The summed E-state index contributed by atoms with van der Waals surface area (Å²) in [5.41, 5.74) is 4.32. The van der Waals surface area contributed by atoms with E-state index in [1.54, 1.807) is 0 Å². The number of hydrogen-bond acceptors (Lipinski definition) is 6. The van der Waals surface area contributed by atoms with E-state index in [-0.39, 0.29) is 17.9 Å². The van der Waals surface area contributed by atoms with Crippen molar-refractivity contribution in [2.45, 2.75) is 33.8 Å². The molecule has 0 unspecified atom stereocenters. The van der Waals surface area contributed by atoms with Crippen LogP contribution in [0.1, 0.15) is 30.5 Å². The van der Waals surface area contributed by atoms with Crippen molar-refractivity contribution < 1.29 is 19.1 Å². The van der Waals surface area contributed by atoms with Crippen LogP contribution in [-0.4, -0.2) is 67.1 Å². The average molecular weight is 464 g/mol. The lowest BCUT2D eigenvalue weighted by Gasteiger charge is -2.28. The molecular formula is C27H33N3O4. The Bertz CT molecular complexity index is 1090. The summed E-state index contributed by atoms with van der Waals surface area (Å²) in [6.45, 7) is 11.9. The molecule has 7 nitrogen and oxygen atoms in total. The predicted molar refractivity (Wildman–Crippen MR) is 133 cm³/mol. The fraction of sp³-hybridized carbons (Fsp3) is 0.407. The number of nitrogens with zero attached hydrogens (tertiary/aromatic N) is 2. The van der Waals surface area contributed by atoms with Crippen molar-refractivity contribution >= 4 is 23.1 Å². The number of morpholine rings is 1. The summed E-state index contributed by atoms with van der Waals surface area (Å²) < 4.78 is 11.1. The monoisotopic (exact) mass is 463 g/mol. The number of carbonyl (C=O) groups is 2. The third-order valence-corrected chi connectivity index (χ3v) is 6.06. The molecule has 0 aliphatic carbocycles. The van der Waals surface area contributed by atoms with Crippen LogP contribution < -0.4 is 10.1 Å². The van der Waals surface area contributed by atoms with Gasteiger partial charge >= 0.3 is 0 Å². The highest BCUT2D eigenvalue weighted by atomic mass is 16.5. The molecule has 0 radical (unpaired) electrons. The molecule has 0 aromatic heterocycles. The molecule has 7 heteroatoms. The quantitative estimate of drug-likeness (QED) is 0.603. The molecule has 2 aliphatic heterocycles. The van der Waals surface area contributed by atoms with Gasteiger partial charge in [-0.25, -0.2) is 0 Å². The molecule has 0 atom stereocenters. The van der Waals surface area contributed by atoms with Gasteiger partial charge in [-0.2, -0.15) is 0 Å². The Hall–Kier alpha value is -3.16. The van der Waals surface area contributed by atoms with Crippen LogP contribution in [0.3, 0.4) is 0 Å². The average Bonchev–Trinajstić information content (AvgIpc) is 3.03. The zero-order valence-electron chi connectivity index (χ0n) is 20.4. The van der Waals surface area contributed by atoms with E-state index >= 15 is 0 Å². The lowest BCUT2D eigenvalue weighted by Crippen LogP contribution is -2.43.